The first-order valence-electron chi connectivity index (χ1n) is 19.1. The second kappa shape index (κ2) is 19.5. The molecule has 2 fully saturated rings. The summed E-state index contributed by atoms with van der Waals surface area (Å²) in [5.41, 5.74) is -1.20. The van der Waals surface area contributed by atoms with E-state index in [1.807, 2.05) is 13.0 Å². The van der Waals surface area contributed by atoms with Gasteiger partial charge < -0.3 is 38.6 Å². The van der Waals surface area contributed by atoms with Crippen LogP contribution in [-0.4, -0.2) is 120 Å². The van der Waals surface area contributed by atoms with Gasteiger partial charge in [0.05, 0.1) is 30.2 Å². The molecular formula is C40H50ClN5O12S2. The molecule has 3 aliphatic rings. The number of esters is 1. The highest BCUT2D eigenvalue weighted by atomic mass is 35.5. The number of carbonyl (C=O) groups excluding carboxylic acids is 4. The van der Waals surface area contributed by atoms with Crippen LogP contribution in [0.25, 0.3) is 0 Å². The fraction of sp³-hybridized carbons (Fsp3) is 0.525. The Morgan fingerprint density at radius 1 is 1.27 bits per heavy atom. The van der Waals surface area contributed by atoms with Gasteiger partial charge >= 0.3 is 12.1 Å². The number of hydrogen-bond donors (Lipinski definition) is 2. The van der Waals surface area contributed by atoms with Crippen molar-refractivity contribution in [2.75, 3.05) is 39.0 Å². The zero-order chi connectivity index (χ0) is 44.1. The first-order chi connectivity index (χ1) is 28.3. The molecule has 0 radical (unpaired) electrons. The van der Waals surface area contributed by atoms with Crippen LogP contribution in [-0.2, 0) is 39.8 Å². The third-order valence-electron chi connectivity index (χ3n) is 11.0. The number of methoxy groups -OCH3 is 2. The summed E-state index contributed by atoms with van der Waals surface area (Å²) < 4.78 is 29.3. The first-order valence-corrected chi connectivity index (χ1v) is 21.8. The van der Waals surface area contributed by atoms with Crippen LogP contribution in [0.2, 0.25) is 5.02 Å². The summed E-state index contributed by atoms with van der Waals surface area (Å²) in [6.07, 6.45) is 1.82. The summed E-state index contributed by atoms with van der Waals surface area (Å²) in [7, 11) is 8.50. The number of likely N-dealkylation sites (N-methyl/N-ethyl adjacent to an activating group) is 1. The third kappa shape index (κ3) is 10.7. The Bertz CT molecular complexity index is 2020. The van der Waals surface area contributed by atoms with Crippen LogP contribution in [0.5, 0.6) is 5.75 Å². The molecule has 20 heteroatoms. The van der Waals surface area contributed by atoms with E-state index >= 15 is 0 Å². The SMILES string of the molecule is COc1cc2cc(c1Cl)N(C)C(=O)C[C@H](OC(=O)[C@H](C)N(C)C(=O)CCSSc1ccc([N+](=O)[O-])cn1)[C@]1(C)O[C@H]1[C@H](C)[C@@H]1C[C@@](O)(NC(=O)O1)[C@H](OC)/C=C/C=C(\C)C2. The molecule has 60 heavy (non-hydrogen) atoms. The molecule has 2 aromatic rings. The van der Waals surface area contributed by atoms with Crippen molar-refractivity contribution in [1.29, 1.82) is 0 Å². The Labute approximate surface area is 361 Å². The number of hydrogen-bond acceptors (Lipinski definition) is 15. The highest BCUT2D eigenvalue weighted by Gasteiger charge is 2.64. The maximum atomic E-state index is 14.2. The first kappa shape index (κ1) is 46.7. The van der Waals surface area contributed by atoms with Crippen molar-refractivity contribution < 1.29 is 52.9 Å². The second-order valence-corrected chi connectivity index (χ2v) is 18.0. The molecule has 5 rings (SSSR count). The molecule has 1 aromatic heterocycles. The molecule has 1 aromatic carbocycles. The minimum absolute atomic E-state index is 0.0610. The Morgan fingerprint density at radius 2 is 2.00 bits per heavy atom. The zero-order valence-corrected chi connectivity index (χ0v) is 36.9. The predicted octanol–water partition coefficient (Wildman–Crippen LogP) is 5.65. The van der Waals surface area contributed by atoms with E-state index in [-0.39, 0.29) is 35.9 Å². The van der Waals surface area contributed by atoms with Gasteiger partial charge in [0.2, 0.25) is 11.8 Å². The molecule has 3 aliphatic heterocycles. The quantitative estimate of drug-likeness (QED) is 0.0697. The van der Waals surface area contributed by atoms with Gasteiger partial charge in [-0.1, -0.05) is 53.1 Å². The smallest absolute Gasteiger partial charge is 0.409 e. The molecule has 0 spiro atoms. The van der Waals surface area contributed by atoms with Crippen molar-refractivity contribution in [3.8, 4) is 5.75 Å². The lowest BCUT2D eigenvalue weighted by atomic mass is 9.83. The van der Waals surface area contributed by atoms with Crippen molar-refractivity contribution in [2.24, 2.45) is 5.92 Å². The molecule has 0 unspecified atom stereocenters. The number of carbonyl (C=O) groups is 4. The van der Waals surface area contributed by atoms with E-state index in [9.17, 15) is 34.4 Å². The van der Waals surface area contributed by atoms with Gasteiger partial charge in [0.1, 0.15) is 51.9 Å². The van der Waals surface area contributed by atoms with Gasteiger partial charge in [-0.3, -0.25) is 25.0 Å². The number of epoxide rings is 1. The minimum atomic E-state index is -1.86. The molecule has 17 nitrogen and oxygen atoms in total. The lowest BCUT2D eigenvalue weighted by molar-refractivity contribution is -0.385. The van der Waals surface area contributed by atoms with Crippen LogP contribution in [0.1, 0.15) is 52.5 Å². The van der Waals surface area contributed by atoms with Crippen LogP contribution in [0, 0.1) is 16.0 Å². The molecule has 0 saturated carbocycles. The zero-order valence-electron chi connectivity index (χ0n) is 34.5. The fourth-order valence-electron chi connectivity index (χ4n) is 7.16. The van der Waals surface area contributed by atoms with Gasteiger partial charge in [0.15, 0.2) is 5.72 Å². The van der Waals surface area contributed by atoms with Crippen molar-refractivity contribution in [1.82, 2.24) is 15.2 Å². The summed E-state index contributed by atoms with van der Waals surface area (Å²) in [5.74, 6) is -1.47. The summed E-state index contributed by atoms with van der Waals surface area (Å²) >= 11 is 6.77. The number of pyridine rings is 1. The number of anilines is 1. The number of aliphatic hydroxyl groups is 1. The second-order valence-electron chi connectivity index (χ2n) is 15.2. The lowest BCUT2D eigenvalue weighted by Crippen LogP contribution is -2.63. The van der Waals surface area contributed by atoms with Crippen molar-refractivity contribution in [3.63, 3.8) is 0 Å². The van der Waals surface area contributed by atoms with Gasteiger partial charge in [-0.25, -0.2) is 14.6 Å². The molecule has 326 valence electrons. The molecule has 8 atom stereocenters. The van der Waals surface area contributed by atoms with Crippen molar-refractivity contribution in [2.45, 2.75) is 100 Å². The number of rotatable bonds is 11. The lowest BCUT2D eigenvalue weighted by Gasteiger charge is -2.42. The number of nitro groups is 1. The molecule has 3 amide bonds. The molecule has 2 N–H and O–H groups in total. The average molecular weight is 892 g/mol. The van der Waals surface area contributed by atoms with E-state index < -0.39 is 70.6 Å². The Kier molecular flexibility index (Phi) is 15.2. The van der Waals surface area contributed by atoms with Gasteiger partial charge in [-0.15, -0.1) is 0 Å². The number of nitrogens with zero attached hydrogens (tertiary/aromatic N) is 4. The van der Waals surface area contributed by atoms with Gasteiger partial charge in [-0.2, -0.15) is 0 Å². The predicted molar refractivity (Wildman–Crippen MR) is 225 cm³/mol. The summed E-state index contributed by atoms with van der Waals surface area (Å²) in [4.78, 5) is 71.3. The summed E-state index contributed by atoms with van der Waals surface area (Å²) in [5, 5.41) is 25.9. The average Bonchev–Trinajstić information content (AvgIpc) is 3.91. The van der Waals surface area contributed by atoms with Crippen LogP contribution < -0.4 is 15.0 Å². The maximum Gasteiger partial charge on any atom is 0.409 e. The highest BCUT2D eigenvalue weighted by Crippen LogP contribution is 2.49. The standard InChI is InChI=1S/C40H50ClN5O12S2/c1-22-10-9-11-30(55-8)40(51)20-29(56-38(50)43-40)23(2)36-39(4,58-36)31(19-34(48)45(6)27-17-25(16-22)18-28(54-7)35(27)41)57-37(49)24(3)44(5)33(47)14-15-59-60-32-13-12-26(21-42-32)46(52)53/h9-13,17-18,21,23-24,29-31,36,51H,14-16,19-20H2,1-8H3,(H,43,50)/b11-9+,22-10+/t23-,24+,29+,30-,31+,36+,39+,40+/m1/s1. The maximum absolute atomic E-state index is 14.2. The number of benzene rings is 1. The number of halogens is 1. The topological polar surface area (TPSA) is 212 Å². The van der Waals surface area contributed by atoms with Crippen LogP contribution in [0.3, 0.4) is 0 Å². The minimum Gasteiger partial charge on any atom is -0.495 e. The highest BCUT2D eigenvalue weighted by molar-refractivity contribution is 8.76. The third-order valence-corrected chi connectivity index (χ3v) is 13.6. The van der Waals surface area contributed by atoms with Crippen LogP contribution in [0.15, 0.2) is 59.3 Å². The van der Waals surface area contributed by atoms with Crippen LogP contribution >= 0.6 is 33.2 Å². The molecule has 2 saturated heterocycles. The Hall–Kier alpha value is -4.40. The largest absolute Gasteiger partial charge is 0.495 e. The fourth-order valence-corrected chi connectivity index (χ4v) is 9.31. The number of ether oxygens (including phenoxy) is 5. The van der Waals surface area contributed by atoms with Crippen molar-refractivity contribution >= 4 is 68.4 Å². The molecule has 0 aliphatic carbocycles. The summed E-state index contributed by atoms with van der Waals surface area (Å²) in [6, 6.07) is 5.34. The van der Waals surface area contributed by atoms with Crippen LogP contribution in [0.4, 0.5) is 16.2 Å². The molecular weight excluding hydrogens is 842 g/mol. The van der Waals surface area contributed by atoms with E-state index in [0.717, 1.165) is 17.3 Å². The number of nitrogens with one attached hydrogen (secondary N) is 1. The Balaban J connectivity index is 1.39. The van der Waals surface area contributed by atoms with E-state index in [2.05, 4.69) is 10.3 Å². The monoisotopic (exact) mass is 891 g/mol. The number of fused-ring (bicyclic) bond motifs is 5. The van der Waals surface area contributed by atoms with E-state index in [0.29, 0.717) is 28.6 Å². The number of alkyl carbamates (subject to hydrolysis) is 1. The number of aromatic nitrogens is 1. The van der Waals surface area contributed by atoms with Crippen molar-refractivity contribution in [3.05, 3.63) is 75.0 Å². The van der Waals surface area contributed by atoms with E-state index in [1.54, 1.807) is 45.2 Å². The molecule has 4 heterocycles. The van der Waals surface area contributed by atoms with E-state index in [1.165, 1.54) is 71.7 Å². The van der Waals surface area contributed by atoms with Gasteiger partial charge in [-0.05, 0) is 61.7 Å². The molecule has 4 bridgehead atoms. The van der Waals surface area contributed by atoms with E-state index in [4.69, 9.17) is 35.3 Å². The van der Waals surface area contributed by atoms with Gasteiger partial charge in [0, 0.05) is 51.8 Å². The number of allylic oxidation sites excluding steroid dienone is 3. The Morgan fingerprint density at radius 3 is 2.65 bits per heavy atom. The van der Waals surface area contributed by atoms with Gasteiger partial charge in [0.25, 0.3) is 5.69 Å². The normalized spacial score (nSPS) is 28.8. The summed E-state index contributed by atoms with van der Waals surface area (Å²) in [6.45, 7) is 6.89. The number of amides is 3.